The molecule has 4 heteroatoms. The van der Waals surface area contributed by atoms with Gasteiger partial charge in [-0.05, 0) is 55.9 Å². The third-order valence-corrected chi connectivity index (χ3v) is 6.16. The van der Waals surface area contributed by atoms with Crippen LogP contribution in [-0.2, 0) is 11.2 Å². The van der Waals surface area contributed by atoms with Crippen molar-refractivity contribution < 1.29 is 19.7 Å². The molecule has 3 rings (SSSR count). The van der Waals surface area contributed by atoms with E-state index in [1.54, 1.807) is 7.11 Å². The summed E-state index contributed by atoms with van der Waals surface area (Å²) in [6.07, 6.45) is 2.27. The van der Waals surface area contributed by atoms with Gasteiger partial charge in [0.25, 0.3) is 0 Å². The highest BCUT2D eigenvalue weighted by atomic mass is 16.5. The zero-order valence-corrected chi connectivity index (χ0v) is 15.7. The molecule has 0 saturated heterocycles. The number of aromatic hydroxyl groups is 1. The molecule has 0 aliphatic heterocycles. The van der Waals surface area contributed by atoms with Gasteiger partial charge in [-0.1, -0.05) is 26.3 Å². The number of aliphatic carboxylic acids is 1. The van der Waals surface area contributed by atoms with E-state index in [1.165, 1.54) is 0 Å². The van der Waals surface area contributed by atoms with Gasteiger partial charge in [0.1, 0.15) is 11.5 Å². The van der Waals surface area contributed by atoms with Crippen LogP contribution >= 0.6 is 0 Å². The lowest BCUT2D eigenvalue weighted by Gasteiger charge is -2.43. The lowest BCUT2D eigenvalue weighted by Crippen LogP contribution is -2.33. The third-order valence-electron chi connectivity index (χ3n) is 6.16. The van der Waals surface area contributed by atoms with Crippen molar-refractivity contribution in [3.8, 4) is 11.5 Å². The SMILES string of the molecule is COc1c(C(C)C)cc(O)c2c1CCC1C(C)=C(C(=O)O)C[C@H](C)C21. The maximum absolute atomic E-state index is 11.6. The highest BCUT2D eigenvalue weighted by molar-refractivity contribution is 5.88. The molecule has 0 saturated carbocycles. The van der Waals surface area contributed by atoms with Gasteiger partial charge in [-0.2, -0.15) is 0 Å². The molecule has 0 bridgehead atoms. The first-order chi connectivity index (χ1) is 11.8. The molecule has 1 aromatic rings. The Morgan fingerprint density at radius 3 is 2.60 bits per heavy atom. The Labute approximate surface area is 149 Å². The molecule has 0 aromatic heterocycles. The van der Waals surface area contributed by atoms with Crippen molar-refractivity contribution in [1.82, 2.24) is 0 Å². The van der Waals surface area contributed by atoms with Crippen LogP contribution < -0.4 is 4.74 Å². The molecule has 2 N–H and O–H groups in total. The molecular formula is C21H28O4. The van der Waals surface area contributed by atoms with Crippen molar-refractivity contribution >= 4 is 5.97 Å². The molecule has 2 aliphatic rings. The molecule has 2 aliphatic carbocycles. The molecule has 2 unspecified atom stereocenters. The number of benzene rings is 1. The smallest absolute Gasteiger partial charge is 0.331 e. The molecule has 0 radical (unpaired) electrons. The van der Waals surface area contributed by atoms with Gasteiger partial charge in [0.2, 0.25) is 0 Å². The fraction of sp³-hybridized carbons (Fsp3) is 0.571. The summed E-state index contributed by atoms with van der Waals surface area (Å²) >= 11 is 0. The Bertz CT molecular complexity index is 745. The van der Waals surface area contributed by atoms with Crippen molar-refractivity contribution in [3.05, 3.63) is 33.9 Å². The quantitative estimate of drug-likeness (QED) is 0.840. The lowest BCUT2D eigenvalue weighted by molar-refractivity contribution is -0.133. The average molecular weight is 344 g/mol. The Kier molecular flexibility index (Phi) is 4.56. The van der Waals surface area contributed by atoms with E-state index < -0.39 is 5.97 Å². The number of carbonyl (C=O) groups is 1. The molecular weight excluding hydrogens is 316 g/mol. The first kappa shape index (κ1) is 17.8. The zero-order chi connectivity index (χ0) is 18.5. The van der Waals surface area contributed by atoms with E-state index in [9.17, 15) is 15.0 Å². The Morgan fingerprint density at radius 2 is 2.04 bits per heavy atom. The molecule has 1 aromatic carbocycles. The van der Waals surface area contributed by atoms with Gasteiger partial charge in [0.15, 0.2) is 0 Å². The summed E-state index contributed by atoms with van der Waals surface area (Å²) < 4.78 is 5.74. The second kappa shape index (κ2) is 6.40. The summed E-state index contributed by atoms with van der Waals surface area (Å²) in [6.45, 7) is 8.26. The van der Waals surface area contributed by atoms with Crippen LogP contribution in [0.25, 0.3) is 0 Å². The number of methoxy groups -OCH3 is 1. The standard InChI is InChI=1S/C21H28O4/c1-10(2)15-9-17(22)19-14(20(15)25-5)7-6-13-12(4)16(21(23)24)8-11(3)18(13)19/h9-11,13,18,22H,6-8H2,1-5H3,(H,23,24)/t11-,13?,18?/m0/s1. The minimum Gasteiger partial charge on any atom is -0.508 e. The summed E-state index contributed by atoms with van der Waals surface area (Å²) in [4.78, 5) is 11.6. The number of rotatable bonds is 3. The van der Waals surface area contributed by atoms with Crippen LogP contribution in [0, 0.1) is 11.8 Å². The Morgan fingerprint density at radius 1 is 1.36 bits per heavy atom. The number of hydrogen-bond acceptors (Lipinski definition) is 3. The molecule has 4 nitrogen and oxygen atoms in total. The predicted molar refractivity (Wildman–Crippen MR) is 97.4 cm³/mol. The van der Waals surface area contributed by atoms with Gasteiger partial charge >= 0.3 is 5.97 Å². The highest BCUT2D eigenvalue weighted by Gasteiger charge is 2.43. The van der Waals surface area contributed by atoms with Crippen molar-refractivity contribution in [3.63, 3.8) is 0 Å². The number of phenols is 1. The third kappa shape index (κ3) is 2.72. The molecule has 0 fully saturated rings. The predicted octanol–water partition coefficient (Wildman–Crippen LogP) is 4.61. The van der Waals surface area contributed by atoms with Crippen LogP contribution in [0.4, 0.5) is 0 Å². The molecule has 3 atom stereocenters. The first-order valence-electron chi connectivity index (χ1n) is 9.13. The van der Waals surface area contributed by atoms with Crippen molar-refractivity contribution in [2.45, 2.75) is 58.8 Å². The monoisotopic (exact) mass is 344 g/mol. The summed E-state index contributed by atoms with van der Waals surface area (Å²) in [5.74, 6) is 1.23. The molecule has 0 heterocycles. The van der Waals surface area contributed by atoms with Crippen LogP contribution in [0.5, 0.6) is 11.5 Å². The van der Waals surface area contributed by atoms with E-state index >= 15 is 0 Å². The van der Waals surface area contributed by atoms with Crippen LogP contribution in [0.3, 0.4) is 0 Å². The number of hydrogen-bond donors (Lipinski definition) is 2. The number of ether oxygens (including phenoxy) is 1. The molecule has 0 spiro atoms. The minimum atomic E-state index is -0.800. The van der Waals surface area contributed by atoms with Crippen molar-refractivity contribution in [2.75, 3.05) is 7.11 Å². The first-order valence-corrected chi connectivity index (χ1v) is 9.13. The van der Waals surface area contributed by atoms with Crippen LogP contribution in [0.2, 0.25) is 0 Å². The van der Waals surface area contributed by atoms with E-state index in [0.717, 1.165) is 40.9 Å². The number of carboxylic acids is 1. The maximum atomic E-state index is 11.6. The Balaban J connectivity index is 2.19. The fourth-order valence-corrected chi connectivity index (χ4v) is 4.97. The second-order valence-electron chi connectivity index (χ2n) is 7.88. The summed E-state index contributed by atoms with van der Waals surface area (Å²) in [7, 11) is 1.70. The topological polar surface area (TPSA) is 66.8 Å². The molecule has 25 heavy (non-hydrogen) atoms. The summed E-state index contributed by atoms with van der Waals surface area (Å²) in [5, 5.41) is 20.4. The molecule has 136 valence electrons. The zero-order valence-electron chi connectivity index (χ0n) is 15.7. The normalized spacial score (nSPS) is 25.6. The van der Waals surface area contributed by atoms with Crippen molar-refractivity contribution in [1.29, 1.82) is 0 Å². The van der Waals surface area contributed by atoms with E-state index in [4.69, 9.17) is 4.74 Å². The second-order valence-corrected chi connectivity index (χ2v) is 7.88. The number of allylic oxidation sites excluding steroid dienone is 1. The van der Waals surface area contributed by atoms with Crippen LogP contribution in [-0.4, -0.2) is 23.3 Å². The van der Waals surface area contributed by atoms with Crippen LogP contribution in [0.15, 0.2) is 17.2 Å². The average Bonchev–Trinajstić information content (AvgIpc) is 2.56. The van der Waals surface area contributed by atoms with E-state index in [0.29, 0.717) is 17.7 Å². The van der Waals surface area contributed by atoms with Gasteiger partial charge < -0.3 is 14.9 Å². The number of fused-ring (bicyclic) bond motifs is 3. The summed E-state index contributed by atoms with van der Waals surface area (Å²) in [6, 6.07) is 1.85. The number of carboxylic acid groups (broad SMARTS) is 1. The van der Waals surface area contributed by atoms with Crippen molar-refractivity contribution in [2.24, 2.45) is 11.8 Å². The van der Waals surface area contributed by atoms with Gasteiger partial charge in [0.05, 0.1) is 7.11 Å². The minimum absolute atomic E-state index is 0.155. The summed E-state index contributed by atoms with van der Waals surface area (Å²) in [5.41, 5.74) is 4.67. The lowest BCUT2D eigenvalue weighted by atomic mass is 9.61. The maximum Gasteiger partial charge on any atom is 0.331 e. The van der Waals surface area contributed by atoms with Gasteiger partial charge in [-0.15, -0.1) is 0 Å². The van der Waals surface area contributed by atoms with E-state index in [1.807, 2.05) is 13.0 Å². The molecule has 0 amide bonds. The van der Waals surface area contributed by atoms with Crippen LogP contribution in [0.1, 0.15) is 69.1 Å². The van der Waals surface area contributed by atoms with Gasteiger partial charge in [0, 0.05) is 22.3 Å². The van der Waals surface area contributed by atoms with Gasteiger partial charge in [-0.3, -0.25) is 0 Å². The number of phenolic OH excluding ortho intramolecular Hbond substituents is 1. The fourth-order valence-electron chi connectivity index (χ4n) is 4.97. The Hall–Kier alpha value is -1.97. The van der Waals surface area contributed by atoms with E-state index in [2.05, 4.69) is 20.8 Å². The van der Waals surface area contributed by atoms with Gasteiger partial charge in [-0.25, -0.2) is 4.79 Å². The van der Waals surface area contributed by atoms with E-state index in [-0.39, 0.29) is 23.7 Å². The largest absolute Gasteiger partial charge is 0.508 e. The highest BCUT2D eigenvalue weighted by Crippen LogP contribution is 2.55.